The summed E-state index contributed by atoms with van der Waals surface area (Å²) < 4.78 is 36.9. The minimum Gasteiger partial charge on any atom is -0.396 e. The van der Waals surface area contributed by atoms with E-state index in [1.165, 1.54) is 4.90 Å². The lowest BCUT2D eigenvalue weighted by molar-refractivity contribution is -0.146. The Hall–Kier alpha value is -0.590. The number of hydrogen-bond acceptors (Lipinski definition) is 3. The minimum absolute atomic E-state index is 0.0760. The van der Waals surface area contributed by atoms with Gasteiger partial charge in [0.25, 0.3) is 0 Å². The first-order valence-corrected chi connectivity index (χ1v) is 6.31. The molecule has 98 valence electrons. The maximum atomic E-state index is 12.3. The zero-order valence-electron chi connectivity index (χ0n) is 9.41. The monoisotopic (exact) mass is 267 g/mol. The van der Waals surface area contributed by atoms with E-state index in [1.54, 1.807) is 11.3 Å². The number of hydrogen-bond donors (Lipinski definition) is 1. The van der Waals surface area contributed by atoms with Gasteiger partial charge in [0.05, 0.1) is 6.54 Å². The van der Waals surface area contributed by atoms with E-state index in [0.717, 1.165) is 4.88 Å². The zero-order chi connectivity index (χ0) is 12.7. The highest BCUT2D eigenvalue weighted by Crippen LogP contribution is 2.17. The van der Waals surface area contributed by atoms with Gasteiger partial charge in [-0.05, 0) is 24.3 Å². The summed E-state index contributed by atoms with van der Waals surface area (Å²) in [5, 5.41) is 10.6. The summed E-state index contributed by atoms with van der Waals surface area (Å²) in [4.78, 5) is 2.43. The smallest absolute Gasteiger partial charge is 0.396 e. The lowest BCUT2D eigenvalue weighted by atomic mass is 10.3. The molecular formula is C11H16F3NOS. The molecule has 0 spiro atoms. The van der Waals surface area contributed by atoms with Crippen LogP contribution < -0.4 is 0 Å². The van der Waals surface area contributed by atoms with Gasteiger partial charge >= 0.3 is 6.18 Å². The quantitative estimate of drug-likeness (QED) is 0.820. The van der Waals surface area contributed by atoms with Crippen molar-refractivity contribution in [1.29, 1.82) is 0 Å². The Balaban J connectivity index is 2.39. The molecule has 1 heterocycles. The molecule has 0 amide bonds. The van der Waals surface area contributed by atoms with Crippen LogP contribution in [0.3, 0.4) is 0 Å². The van der Waals surface area contributed by atoms with E-state index in [4.69, 9.17) is 5.11 Å². The van der Waals surface area contributed by atoms with Crippen LogP contribution in [0.15, 0.2) is 17.5 Å². The highest BCUT2D eigenvalue weighted by Gasteiger charge is 2.30. The summed E-state index contributed by atoms with van der Waals surface area (Å²) in [7, 11) is 0. The highest BCUT2D eigenvalue weighted by molar-refractivity contribution is 7.09. The molecular weight excluding hydrogens is 251 g/mol. The van der Waals surface area contributed by atoms with E-state index in [-0.39, 0.29) is 13.2 Å². The third kappa shape index (κ3) is 6.65. The Bertz CT molecular complexity index is 300. The van der Waals surface area contributed by atoms with Gasteiger partial charge in [-0.3, -0.25) is 4.90 Å². The van der Waals surface area contributed by atoms with Crippen molar-refractivity contribution in [1.82, 2.24) is 4.90 Å². The third-order valence-electron chi connectivity index (χ3n) is 2.29. The normalized spacial score (nSPS) is 12.3. The Labute approximate surface area is 103 Å². The number of thiophene rings is 1. The fraction of sp³-hybridized carbons (Fsp3) is 0.636. The molecule has 0 aliphatic carbocycles. The van der Waals surface area contributed by atoms with Crippen molar-refractivity contribution in [3.63, 3.8) is 0 Å². The molecule has 0 aromatic carbocycles. The first-order valence-electron chi connectivity index (χ1n) is 5.43. The molecule has 0 bridgehead atoms. The predicted octanol–water partition coefficient (Wildman–Crippen LogP) is 2.54. The predicted molar refractivity (Wildman–Crippen MR) is 62.2 cm³/mol. The van der Waals surface area contributed by atoms with Crippen molar-refractivity contribution in [2.75, 3.05) is 26.2 Å². The maximum absolute atomic E-state index is 12.3. The van der Waals surface area contributed by atoms with Crippen molar-refractivity contribution in [3.05, 3.63) is 22.4 Å². The zero-order valence-corrected chi connectivity index (χ0v) is 10.2. The standard InChI is InChI=1S/C11H16F3NOS/c12-11(13,14)9-15(5-2-7-16)6-4-10-3-1-8-17-10/h1,3,8,16H,2,4-7,9H2. The second kappa shape index (κ2) is 6.98. The van der Waals surface area contributed by atoms with Gasteiger partial charge in [-0.25, -0.2) is 0 Å². The minimum atomic E-state index is -4.18. The average Bonchev–Trinajstić information content (AvgIpc) is 2.73. The molecule has 1 N–H and O–H groups in total. The Kier molecular flexibility index (Phi) is 5.94. The van der Waals surface area contributed by atoms with Crippen LogP contribution in [0.4, 0.5) is 13.2 Å². The lowest BCUT2D eigenvalue weighted by Crippen LogP contribution is -2.36. The summed E-state index contributed by atoms with van der Waals surface area (Å²) in [6.07, 6.45) is -3.18. The van der Waals surface area contributed by atoms with Gasteiger partial charge in [0.2, 0.25) is 0 Å². The number of nitrogens with zero attached hydrogens (tertiary/aromatic N) is 1. The first kappa shape index (κ1) is 14.5. The third-order valence-corrected chi connectivity index (χ3v) is 3.23. The number of aliphatic hydroxyl groups is 1. The Morgan fingerprint density at radius 2 is 2.06 bits per heavy atom. The van der Waals surface area contributed by atoms with Crippen molar-refractivity contribution >= 4 is 11.3 Å². The van der Waals surface area contributed by atoms with Gasteiger partial charge in [0.15, 0.2) is 0 Å². The largest absolute Gasteiger partial charge is 0.401 e. The molecule has 2 nitrogen and oxygen atoms in total. The lowest BCUT2D eigenvalue weighted by Gasteiger charge is -2.22. The molecule has 0 unspecified atom stereocenters. The summed E-state index contributed by atoms with van der Waals surface area (Å²) in [5.41, 5.74) is 0. The van der Waals surface area contributed by atoms with E-state index in [0.29, 0.717) is 19.4 Å². The maximum Gasteiger partial charge on any atom is 0.401 e. The number of aliphatic hydroxyl groups excluding tert-OH is 1. The molecule has 0 saturated heterocycles. The van der Waals surface area contributed by atoms with Gasteiger partial charge in [0.1, 0.15) is 0 Å². The molecule has 0 saturated carbocycles. The molecule has 1 aromatic heterocycles. The summed E-state index contributed by atoms with van der Waals surface area (Å²) in [5.74, 6) is 0. The summed E-state index contributed by atoms with van der Waals surface area (Å²) >= 11 is 1.55. The van der Waals surface area contributed by atoms with Crippen LogP contribution in [0.25, 0.3) is 0 Å². The Morgan fingerprint density at radius 3 is 2.59 bits per heavy atom. The van der Waals surface area contributed by atoms with Crippen molar-refractivity contribution in [3.8, 4) is 0 Å². The molecule has 0 radical (unpaired) electrons. The average molecular weight is 267 g/mol. The summed E-state index contributed by atoms with van der Waals surface area (Å²) in [6, 6.07) is 3.81. The van der Waals surface area contributed by atoms with Gasteiger partial charge < -0.3 is 5.11 Å². The van der Waals surface area contributed by atoms with E-state index in [2.05, 4.69) is 0 Å². The molecule has 0 aliphatic heterocycles. The van der Waals surface area contributed by atoms with Crippen molar-refractivity contribution in [2.24, 2.45) is 0 Å². The molecule has 17 heavy (non-hydrogen) atoms. The second-order valence-corrected chi connectivity index (χ2v) is 4.83. The number of alkyl halides is 3. The van der Waals surface area contributed by atoms with Crippen LogP contribution in [-0.2, 0) is 6.42 Å². The molecule has 0 aliphatic rings. The SMILES string of the molecule is OCCCN(CCc1cccs1)CC(F)(F)F. The van der Waals surface area contributed by atoms with Gasteiger partial charge in [0, 0.05) is 24.6 Å². The molecule has 1 aromatic rings. The fourth-order valence-corrected chi connectivity index (χ4v) is 2.24. The van der Waals surface area contributed by atoms with Crippen LogP contribution in [0, 0.1) is 0 Å². The summed E-state index contributed by atoms with van der Waals surface area (Å²) in [6.45, 7) is -0.326. The first-order chi connectivity index (χ1) is 8.01. The number of halogens is 3. The second-order valence-electron chi connectivity index (χ2n) is 3.80. The Morgan fingerprint density at radius 1 is 1.29 bits per heavy atom. The van der Waals surface area contributed by atoms with E-state index in [1.807, 2.05) is 17.5 Å². The fourth-order valence-electron chi connectivity index (χ4n) is 1.54. The van der Waals surface area contributed by atoms with Crippen LogP contribution in [0.5, 0.6) is 0 Å². The van der Waals surface area contributed by atoms with Crippen LogP contribution in [-0.4, -0.2) is 42.4 Å². The van der Waals surface area contributed by atoms with Gasteiger partial charge in [-0.1, -0.05) is 6.07 Å². The molecule has 0 atom stereocenters. The van der Waals surface area contributed by atoms with E-state index >= 15 is 0 Å². The number of rotatable bonds is 7. The van der Waals surface area contributed by atoms with Crippen LogP contribution in [0.2, 0.25) is 0 Å². The highest BCUT2D eigenvalue weighted by atomic mass is 32.1. The van der Waals surface area contributed by atoms with E-state index < -0.39 is 12.7 Å². The van der Waals surface area contributed by atoms with Crippen molar-refractivity contribution < 1.29 is 18.3 Å². The van der Waals surface area contributed by atoms with E-state index in [9.17, 15) is 13.2 Å². The van der Waals surface area contributed by atoms with Crippen LogP contribution in [0.1, 0.15) is 11.3 Å². The topological polar surface area (TPSA) is 23.5 Å². The van der Waals surface area contributed by atoms with Crippen LogP contribution >= 0.6 is 11.3 Å². The molecule has 0 fully saturated rings. The van der Waals surface area contributed by atoms with Gasteiger partial charge in [-0.15, -0.1) is 11.3 Å². The van der Waals surface area contributed by atoms with Crippen molar-refractivity contribution in [2.45, 2.75) is 19.0 Å². The molecule has 6 heteroatoms. The molecule has 1 rings (SSSR count). The van der Waals surface area contributed by atoms with Gasteiger partial charge in [-0.2, -0.15) is 13.2 Å².